The van der Waals surface area contributed by atoms with Gasteiger partial charge < -0.3 is 15.1 Å². The molecule has 6 nitrogen and oxygen atoms in total. The molecule has 1 aliphatic carbocycles. The second-order valence-corrected chi connectivity index (χ2v) is 9.94. The van der Waals surface area contributed by atoms with Crippen LogP contribution in [0.5, 0.6) is 0 Å². The molecule has 1 saturated heterocycles. The molecule has 2 atom stereocenters. The van der Waals surface area contributed by atoms with Gasteiger partial charge in [0.25, 0.3) is 0 Å². The number of anilines is 1. The van der Waals surface area contributed by atoms with E-state index < -0.39 is 0 Å². The van der Waals surface area contributed by atoms with Gasteiger partial charge in [-0.3, -0.25) is 9.59 Å². The number of thiazole rings is 1. The van der Waals surface area contributed by atoms with Gasteiger partial charge in [0, 0.05) is 31.0 Å². The van der Waals surface area contributed by atoms with E-state index in [0.29, 0.717) is 24.1 Å². The second kappa shape index (κ2) is 8.47. The van der Waals surface area contributed by atoms with Crippen molar-refractivity contribution in [3.63, 3.8) is 0 Å². The minimum atomic E-state index is -0.251. The van der Waals surface area contributed by atoms with E-state index >= 15 is 0 Å². The molecule has 2 amide bonds. The second-order valence-electron chi connectivity index (χ2n) is 8.85. The number of quaternary nitrogens is 1. The normalized spacial score (nSPS) is 24.3. The summed E-state index contributed by atoms with van der Waals surface area (Å²) in [5.41, 5.74) is 2.48. The SMILES string of the molecule is O=C(Nc1nc2c(s1)C[NH+](Cc1ccccc1)CC2)[C@@H]1CC(=O)N(C2CCCC2)C1. The van der Waals surface area contributed by atoms with Crippen LogP contribution < -0.4 is 10.2 Å². The molecule has 3 heterocycles. The van der Waals surface area contributed by atoms with Crippen LogP contribution in [-0.2, 0) is 29.1 Å². The van der Waals surface area contributed by atoms with Crippen molar-refractivity contribution in [1.82, 2.24) is 9.88 Å². The number of amides is 2. The summed E-state index contributed by atoms with van der Waals surface area (Å²) in [7, 11) is 0. The largest absolute Gasteiger partial charge is 0.339 e. The molecule has 2 N–H and O–H groups in total. The summed E-state index contributed by atoms with van der Waals surface area (Å²) in [6.45, 7) is 3.60. The predicted octanol–water partition coefficient (Wildman–Crippen LogP) is 2.01. The maximum absolute atomic E-state index is 12.8. The third-order valence-electron chi connectivity index (χ3n) is 6.73. The predicted molar refractivity (Wildman–Crippen MR) is 116 cm³/mol. The number of likely N-dealkylation sites (tertiary alicyclic amines) is 1. The Morgan fingerprint density at radius 1 is 1.23 bits per heavy atom. The van der Waals surface area contributed by atoms with Crippen molar-refractivity contribution in [3.05, 3.63) is 46.5 Å². The van der Waals surface area contributed by atoms with Gasteiger partial charge in [0.15, 0.2) is 5.13 Å². The summed E-state index contributed by atoms with van der Waals surface area (Å²) in [5, 5.41) is 3.71. The maximum Gasteiger partial charge on any atom is 0.231 e. The molecular formula is C23H29N4O2S+. The zero-order chi connectivity index (χ0) is 20.5. The fourth-order valence-corrected chi connectivity index (χ4v) is 6.18. The lowest BCUT2D eigenvalue weighted by molar-refractivity contribution is -0.929. The summed E-state index contributed by atoms with van der Waals surface area (Å²) in [6, 6.07) is 10.9. The molecule has 0 bridgehead atoms. The van der Waals surface area contributed by atoms with Gasteiger partial charge in [-0.15, -0.1) is 0 Å². The molecule has 2 aliphatic heterocycles. The fraction of sp³-hybridized carbons (Fsp3) is 0.522. The number of nitrogens with zero attached hydrogens (tertiary/aromatic N) is 2. The highest BCUT2D eigenvalue weighted by molar-refractivity contribution is 7.15. The number of carbonyl (C=O) groups is 2. The molecule has 2 aromatic rings. The van der Waals surface area contributed by atoms with Crippen LogP contribution in [0.1, 0.15) is 48.2 Å². The highest BCUT2D eigenvalue weighted by atomic mass is 32.1. The smallest absolute Gasteiger partial charge is 0.231 e. The zero-order valence-corrected chi connectivity index (χ0v) is 18.0. The van der Waals surface area contributed by atoms with E-state index in [4.69, 9.17) is 4.98 Å². The number of hydrogen-bond acceptors (Lipinski definition) is 4. The minimum Gasteiger partial charge on any atom is -0.339 e. The van der Waals surface area contributed by atoms with Crippen LogP contribution in [0.3, 0.4) is 0 Å². The average molecular weight is 426 g/mol. The first kappa shape index (κ1) is 19.7. The Morgan fingerprint density at radius 3 is 2.83 bits per heavy atom. The van der Waals surface area contributed by atoms with Crippen LogP contribution in [0.15, 0.2) is 30.3 Å². The molecule has 5 rings (SSSR count). The average Bonchev–Trinajstić information content (AvgIpc) is 3.47. The summed E-state index contributed by atoms with van der Waals surface area (Å²) in [4.78, 5) is 34.7. The van der Waals surface area contributed by atoms with E-state index in [1.165, 1.54) is 28.2 Å². The fourth-order valence-electron chi connectivity index (χ4n) is 5.10. The van der Waals surface area contributed by atoms with Gasteiger partial charge in [0.05, 0.1) is 23.0 Å². The third kappa shape index (κ3) is 4.14. The van der Waals surface area contributed by atoms with Crippen molar-refractivity contribution in [2.45, 2.75) is 57.7 Å². The van der Waals surface area contributed by atoms with Crippen molar-refractivity contribution in [3.8, 4) is 0 Å². The van der Waals surface area contributed by atoms with Crippen molar-refractivity contribution in [1.29, 1.82) is 0 Å². The van der Waals surface area contributed by atoms with Crippen LogP contribution >= 0.6 is 11.3 Å². The Balaban J connectivity index is 1.19. The first-order valence-electron chi connectivity index (χ1n) is 11.1. The molecule has 2 fully saturated rings. The standard InChI is InChI=1S/C23H28N4O2S/c28-21-12-17(14-27(21)18-8-4-5-9-18)22(29)25-23-24-19-10-11-26(15-20(19)30-23)13-16-6-2-1-3-7-16/h1-3,6-7,17-18H,4-5,8-15H2,(H,24,25,29)/p+1/t17-/m1/s1. The van der Waals surface area contributed by atoms with Crippen LogP contribution in [0.2, 0.25) is 0 Å². The molecule has 1 unspecified atom stereocenters. The Kier molecular flexibility index (Phi) is 5.56. The highest BCUT2D eigenvalue weighted by Crippen LogP contribution is 2.31. The van der Waals surface area contributed by atoms with Gasteiger partial charge in [-0.2, -0.15) is 0 Å². The van der Waals surface area contributed by atoms with Crippen molar-refractivity contribution >= 4 is 28.3 Å². The quantitative estimate of drug-likeness (QED) is 0.770. The molecule has 1 saturated carbocycles. The Labute approximate surface area is 181 Å². The van der Waals surface area contributed by atoms with E-state index in [9.17, 15) is 9.59 Å². The van der Waals surface area contributed by atoms with E-state index in [-0.39, 0.29) is 17.7 Å². The van der Waals surface area contributed by atoms with Crippen LogP contribution in [-0.4, -0.2) is 40.8 Å². The van der Waals surface area contributed by atoms with Crippen LogP contribution in [0.4, 0.5) is 5.13 Å². The molecule has 0 radical (unpaired) electrons. The molecular weight excluding hydrogens is 396 g/mol. The minimum absolute atomic E-state index is 0.0524. The van der Waals surface area contributed by atoms with Crippen molar-refractivity contribution < 1.29 is 14.5 Å². The number of carbonyl (C=O) groups excluding carboxylic acids is 2. The zero-order valence-electron chi connectivity index (χ0n) is 17.2. The monoisotopic (exact) mass is 425 g/mol. The molecule has 7 heteroatoms. The van der Waals surface area contributed by atoms with Crippen molar-refractivity contribution in [2.24, 2.45) is 5.92 Å². The highest BCUT2D eigenvalue weighted by Gasteiger charge is 2.39. The summed E-state index contributed by atoms with van der Waals surface area (Å²) >= 11 is 1.60. The summed E-state index contributed by atoms with van der Waals surface area (Å²) < 4.78 is 0. The van der Waals surface area contributed by atoms with Gasteiger partial charge in [0.2, 0.25) is 11.8 Å². The first-order chi connectivity index (χ1) is 14.7. The molecule has 1 aromatic carbocycles. The number of hydrogen-bond donors (Lipinski definition) is 2. The van der Waals surface area contributed by atoms with E-state index in [1.807, 2.05) is 4.90 Å². The first-order valence-corrected chi connectivity index (χ1v) is 11.9. The van der Waals surface area contributed by atoms with Gasteiger partial charge in [0.1, 0.15) is 13.1 Å². The molecule has 3 aliphatic rings. The van der Waals surface area contributed by atoms with E-state index in [2.05, 4.69) is 35.6 Å². The lowest BCUT2D eigenvalue weighted by Gasteiger charge is -2.23. The summed E-state index contributed by atoms with van der Waals surface area (Å²) in [5.74, 6) is -0.164. The van der Waals surface area contributed by atoms with Crippen molar-refractivity contribution in [2.75, 3.05) is 18.4 Å². The Hall–Kier alpha value is -2.25. The van der Waals surface area contributed by atoms with E-state index in [0.717, 1.165) is 44.6 Å². The number of aromatic nitrogens is 1. The van der Waals surface area contributed by atoms with E-state index in [1.54, 1.807) is 11.3 Å². The van der Waals surface area contributed by atoms with Gasteiger partial charge in [-0.25, -0.2) is 4.98 Å². The molecule has 158 valence electrons. The van der Waals surface area contributed by atoms with Crippen LogP contribution in [0.25, 0.3) is 0 Å². The number of nitrogens with one attached hydrogen (secondary N) is 2. The number of rotatable bonds is 5. The molecule has 1 aromatic heterocycles. The lowest BCUT2D eigenvalue weighted by Crippen LogP contribution is -3.10. The lowest BCUT2D eigenvalue weighted by atomic mass is 10.1. The Bertz CT molecular complexity index is 923. The summed E-state index contributed by atoms with van der Waals surface area (Å²) in [6.07, 6.45) is 5.84. The molecule has 30 heavy (non-hydrogen) atoms. The topological polar surface area (TPSA) is 66.7 Å². The van der Waals surface area contributed by atoms with Gasteiger partial charge in [-0.05, 0) is 12.8 Å². The van der Waals surface area contributed by atoms with Crippen LogP contribution in [0, 0.1) is 5.92 Å². The third-order valence-corrected chi connectivity index (χ3v) is 7.74. The Morgan fingerprint density at radius 2 is 2.03 bits per heavy atom. The molecule has 0 spiro atoms. The maximum atomic E-state index is 12.8. The number of benzene rings is 1. The number of fused-ring (bicyclic) bond motifs is 1. The van der Waals surface area contributed by atoms with Gasteiger partial charge >= 0.3 is 0 Å². The van der Waals surface area contributed by atoms with Gasteiger partial charge in [-0.1, -0.05) is 54.5 Å².